The molecular weight excluding hydrogens is 568 g/mol. The van der Waals surface area contributed by atoms with Gasteiger partial charge in [-0.15, -0.1) is 0 Å². The quantitative estimate of drug-likeness (QED) is 0.322. The lowest BCUT2D eigenvalue weighted by Crippen LogP contribution is -2.40. The third-order valence-electron chi connectivity index (χ3n) is 6.00. The second-order valence-electron chi connectivity index (χ2n) is 9.28. The zero-order chi connectivity index (χ0) is 29.7. The van der Waals surface area contributed by atoms with E-state index in [-0.39, 0.29) is 37.1 Å². The van der Waals surface area contributed by atoms with E-state index in [4.69, 9.17) is 30.5 Å². The number of hydrogen-bond acceptors (Lipinski definition) is 9. The van der Waals surface area contributed by atoms with Gasteiger partial charge in [-0.2, -0.15) is 0 Å². The first-order valence-electron chi connectivity index (χ1n) is 13.2. The van der Waals surface area contributed by atoms with Crippen LogP contribution in [-0.2, 0) is 19.1 Å². The average Bonchev–Trinajstić information content (AvgIpc) is 3.22. The molecule has 4 rings (SSSR count). The Morgan fingerprint density at radius 2 is 1.83 bits per heavy atom. The van der Waals surface area contributed by atoms with Crippen molar-refractivity contribution in [2.75, 3.05) is 19.8 Å². The number of thiazole rings is 1. The standard InChI is InChI=1S/C30H31ClN2O7S/c1-6-37-25(34)16-39-22-13-12-20(31)14-19(22)15-24-28(35)33-27(21-10-8-9-11-23(21)40-17(3)4)26(29(36)38-7-2)18(5)32-30(33)41-24/h8-15,17,27H,6-7,16H2,1-5H3/b24-15-/t27-/m1/s1. The van der Waals surface area contributed by atoms with Crippen molar-refractivity contribution in [3.05, 3.63) is 89.6 Å². The van der Waals surface area contributed by atoms with Crippen molar-refractivity contribution < 1.29 is 28.5 Å². The van der Waals surface area contributed by atoms with Gasteiger partial charge in [0.1, 0.15) is 17.5 Å². The summed E-state index contributed by atoms with van der Waals surface area (Å²) in [6.45, 7) is 9.06. The predicted molar refractivity (Wildman–Crippen MR) is 156 cm³/mol. The predicted octanol–water partition coefficient (Wildman–Crippen LogP) is 4.18. The van der Waals surface area contributed by atoms with Crippen LogP contribution in [0, 0.1) is 0 Å². The van der Waals surface area contributed by atoms with E-state index in [1.807, 2.05) is 38.1 Å². The molecule has 0 bridgehead atoms. The number of carbonyl (C=O) groups is 2. The van der Waals surface area contributed by atoms with Gasteiger partial charge in [0, 0.05) is 16.1 Å². The molecule has 0 unspecified atom stereocenters. The molecule has 0 amide bonds. The third-order valence-corrected chi connectivity index (χ3v) is 7.22. The van der Waals surface area contributed by atoms with Crippen LogP contribution in [0.3, 0.4) is 0 Å². The number of benzene rings is 2. The second-order valence-corrected chi connectivity index (χ2v) is 10.7. The molecule has 0 saturated carbocycles. The monoisotopic (exact) mass is 598 g/mol. The highest BCUT2D eigenvalue weighted by atomic mass is 35.5. The number of hydrogen-bond donors (Lipinski definition) is 0. The Bertz CT molecular complexity index is 1670. The number of para-hydroxylation sites is 1. The highest BCUT2D eigenvalue weighted by molar-refractivity contribution is 7.07. The van der Waals surface area contributed by atoms with Crippen LogP contribution >= 0.6 is 22.9 Å². The first kappa shape index (κ1) is 30.1. The zero-order valence-corrected chi connectivity index (χ0v) is 25.0. The molecule has 0 spiro atoms. The molecule has 1 aliphatic heterocycles. The Balaban J connectivity index is 1.90. The minimum Gasteiger partial charge on any atom is -0.491 e. The largest absolute Gasteiger partial charge is 0.491 e. The third kappa shape index (κ3) is 6.71. The lowest BCUT2D eigenvalue weighted by molar-refractivity contribution is -0.145. The molecular formula is C30H31ClN2O7S. The van der Waals surface area contributed by atoms with Gasteiger partial charge in [0.05, 0.1) is 35.1 Å². The Kier molecular flexibility index (Phi) is 9.67. The van der Waals surface area contributed by atoms with Crippen molar-refractivity contribution in [3.8, 4) is 11.5 Å². The number of carbonyl (C=O) groups excluding carboxylic acids is 2. The molecule has 0 saturated heterocycles. The summed E-state index contributed by atoms with van der Waals surface area (Å²) in [5, 5.41) is 0.422. The number of rotatable bonds is 10. The highest BCUT2D eigenvalue weighted by Crippen LogP contribution is 2.36. The Morgan fingerprint density at radius 1 is 1.10 bits per heavy atom. The number of fused-ring (bicyclic) bond motifs is 1. The fraction of sp³-hybridized carbons (Fsp3) is 0.333. The van der Waals surface area contributed by atoms with Crippen molar-refractivity contribution >= 4 is 41.0 Å². The van der Waals surface area contributed by atoms with Crippen LogP contribution in [0.4, 0.5) is 0 Å². The smallest absolute Gasteiger partial charge is 0.344 e. The maximum absolute atomic E-state index is 14.0. The van der Waals surface area contributed by atoms with Gasteiger partial charge in [-0.1, -0.05) is 41.1 Å². The van der Waals surface area contributed by atoms with Crippen LogP contribution in [0.25, 0.3) is 6.08 Å². The molecule has 9 nitrogen and oxygen atoms in total. The van der Waals surface area contributed by atoms with Crippen molar-refractivity contribution in [3.63, 3.8) is 0 Å². The van der Waals surface area contributed by atoms with Crippen LogP contribution in [0.5, 0.6) is 11.5 Å². The van der Waals surface area contributed by atoms with Crippen LogP contribution in [0.15, 0.2) is 63.5 Å². The summed E-state index contributed by atoms with van der Waals surface area (Å²) in [4.78, 5) is 44.2. The summed E-state index contributed by atoms with van der Waals surface area (Å²) in [5.74, 6) is -0.180. The normalized spacial score (nSPS) is 14.9. The first-order chi connectivity index (χ1) is 19.6. The topological polar surface area (TPSA) is 105 Å². The zero-order valence-electron chi connectivity index (χ0n) is 23.4. The SMILES string of the molecule is CCOC(=O)COc1ccc(Cl)cc1/C=c1\sc2n(c1=O)[C@H](c1ccccc1OC(C)C)C(C(=O)OCC)=C(C)N=2. The molecule has 0 fully saturated rings. The van der Waals surface area contributed by atoms with Crippen molar-refractivity contribution in [2.45, 2.75) is 46.8 Å². The van der Waals surface area contributed by atoms with Crippen LogP contribution < -0.4 is 24.4 Å². The van der Waals surface area contributed by atoms with Crippen LogP contribution in [0.2, 0.25) is 5.02 Å². The molecule has 216 valence electrons. The molecule has 0 aliphatic carbocycles. The number of allylic oxidation sites excluding steroid dienone is 1. The van der Waals surface area contributed by atoms with E-state index in [0.29, 0.717) is 42.7 Å². The summed E-state index contributed by atoms with van der Waals surface area (Å²) in [5.41, 5.74) is 1.46. The summed E-state index contributed by atoms with van der Waals surface area (Å²) < 4.78 is 23.9. The fourth-order valence-corrected chi connectivity index (χ4v) is 5.62. The summed E-state index contributed by atoms with van der Waals surface area (Å²) in [7, 11) is 0. The van der Waals surface area contributed by atoms with E-state index in [9.17, 15) is 14.4 Å². The van der Waals surface area contributed by atoms with E-state index in [2.05, 4.69) is 4.99 Å². The molecule has 2 heterocycles. The molecule has 41 heavy (non-hydrogen) atoms. The molecule has 1 atom stereocenters. The molecule has 2 aromatic carbocycles. The van der Waals surface area contributed by atoms with Crippen LogP contribution in [0.1, 0.15) is 51.8 Å². The van der Waals surface area contributed by atoms with Gasteiger partial charge in [0.2, 0.25) is 0 Å². The van der Waals surface area contributed by atoms with Crippen molar-refractivity contribution in [1.29, 1.82) is 0 Å². The average molecular weight is 599 g/mol. The maximum atomic E-state index is 14.0. The van der Waals surface area contributed by atoms with E-state index < -0.39 is 18.0 Å². The molecule has 1 aliphatic rings. The summed E-state index contributed by atoms with van der Waals surface area (Å²) in [6, 6.07) is 11.4. The van der Waals surface area contributed by atoms with Gasteiger partial charge < -0.3 is 18.9 Å². The van der Waals surface area contributed by atoms with Crippen LogP contribution in [-0.4, -0.2) is 42.4 Å². The minimum absolute atomic E-state index is 0.140. The van der Waals surface area contributed by atoms with Gasteiger partial charge in [-0.25, -0.2) is 14.6 Å². The minimum atomic E-state index is -0.832. The van der Waals surface area contributed by atoms with Gasteiger partial charge >= 0.3 is 11.9 Å². The van der Waals surface area contributed by atoms with E-state index in [1.165, 1.54) is 4.57 Å². The van der Waals surface area contributed by atoms with E-state index in [0.717, 1.165) is 11.3 Å². The number of esters is 2. The summed E-state index contributed by atoms with van der Waals surface area (Å²) >= 11 is 7.43. The van der Waals surface area contributed by atoms with E-state index in [1.54, 1.807) is 45.0 Å². The Labute approximate surface area is 246 Å². The molecule has 1 aromatic heterocycles. The van der Waals surface area contributed by atoms with E-state index >= 15 is 0 Å². The van der Waals surface area contributed by atoms with Gasteiger partial charge in [-0.3, -0.25) is 9.36 Å². The molecule has 11 heteroatoms. The molecule has 0 N–H and O–H groups in total. The lowest BCUT2D eigenvalue weighted by Gasteiger charge is -2.26. The lowest BCUT2D eigenvalue weighted by atomic mass is 9.95. The Morgan fingerprint density at radius 3 is 2.54 bits per heavy atom. The first-order valence-corrected chi connectivity index (χ1v) is 14.4. The number of aromatic nitrogens is 1. The number of halogens is 1. The molecule has 3 aromatic rings. The fourth-order valence-electron chi connectivity index (χ4n) is 4.40. The number of ether oxygens (including phenoxy) is 4. The number of nitrogens with zero attached hydrogens (tertiary/aromatic N) is 2. The van der Waals surface area contributed by atoms with Crippen molar-refractivity contribution in [2.24, 2.45) is 4.99 Å². The van der Waals surface area contributed by atoms with Gasteiger partial charge in [0.15, 0.2) is 11.4 Å². The highest BCUT2D eigenvalue weighted by Gasteiger charge is 2.35. The van der Waals surface area contributed by atoms with Crippen molar-refractivity contribution in [1.82, 2.24) is 4.57 Å². The van der Waals surface area contributed by atoms with Gasteiger partial charge in [0.25, 0.3) is 5.56 Å². The van der Waals surface area contributed by atoms with Gasteiger partial charge in [-0.05, 0) is 65.0 Å². The summed E-state index contributed by atoms with van der Waals surface area (Å²) in [6.07, 6.45) is 1.49. The maximum Gasteiger partial charge on any atom is 0.344 e. The molecule has 0 radical (unpaired) electrons. The Hall–Kier alpha value is -3.89. The second kappa shape index (κ2) is 13.2.